The van der Waals surface area contributed by atoms with Crippen LogP contribution in [0.5, 0.6) is 0 Å². The zero-order chi connectivity index (χ0) is 25.4. The molecule has 0 aromatic rings. The van der Waals surface area contributed by atoms with Crippen LogP contribution in [0.2, 0.25) is 0 Å². The number of carbonyl (C=O) groups excluding carboxylic acids is 1. The summed E-state index contributed by atoms with van der Waals surface area (Å²) in [7, 11) is 0. The van der Waals surface area contributed by atoms with E-state index in [0.29, 0.717) is 11.3 Å². The zero-order valence-electron chi connectivity index (χ0n) is 24.4. The van der Waals surface area contributed by atoms with Gasteiger partial charge >= 0.3 is 0 Å². The highest BCUT2D eigenvalue weighted by atomic mass is 16.2. The third-order valence-electron chi connectivity index (χ3n) is 9.19. The Morgan fingerprint density at radius 1 is 0.657 bits per heavy atom. The monoisotopic (exact) mass is 490 g/mol. The van der Waals surface area contributed by atoms with E-state index >= 15 is 0 Å². The molecular weight excluding hydrogens is 428 g/mol. The summed E-state index contributed by atoms with van der Waals surface area (Å²) in [5, 5.41) is 0. The lowest BCUT2D eigenvalue weighted by Crippen LogP contribution is -2.61. The first-order valence-electron chi connectivity index (χ1n) is 16.1. The van der Waals surface area contributed by atoms with Crippen molar-refractivity contribution in [2.75, 3.05) is 32.7 Å². The van der Waals surface area contributed by atoms with Gasteiger partial charge in [0.1, 0.15) is 0 Å². The first-order valence-corrected chi connectivity index (χ1v) is 16.1. The number of piperidine rings is 1. The van der Waals surface area contributed by atoms with Gasteiger partial charge in [-0.2, -0.15) is 0 Å². The first kappa shape index (κ1) is 30.7. The Bertz CT molecular complexity index is 522. The SMILES string of the molecule is CCCCCC(CCCCC)CCC(=O)N1CCC2(CC1)CN(CC(CCCC)CCCCC)C2. The molecule has 1 atom stereocenters. The minimum Gasteiger partial charge on any atom is -0.343 e. The van der Waals surface area contributed by atoms with E-state index < -0.39 is 0 Å². The van der Waals surface area contributed by atoms with E-state index in [2.05, 4.69) is 37.5 Å². The van der Waals surface area contributed by atoms with Crippen molar-refractivity contribution in [3.05, 3.63) is 0 Å². The molecule has 0 aromatic carbocycles. The minimum absolute atomic E-state index is 0.447. The van der Waals surface area contributed by atoms with Crippen LogP contribution >= 0.6 is 0 Å². The van der Waals surface area contributed by atoms with Gasteiger partial charge in [0, 0.05) is 39.1 Å². The molecule has 3 nitrogen and oxygen atoms in total. The van der Waals surface area contributed by atoms with E-state index in [0.717, 1.165) is 37.8 Å². The summed E-state index contributed by atoms with van der Waals surface area (Å²) in [6, 6.07) is 0. The van der Waals surface area contributed by atoms with Crippen molar-refractivity contribution in [2.24, 2.45) is 17.3 Å². The van der Waals surface area contributed by atoms with Crippen LogP contribution in [0, 0.1) is 17.3 Å². The van der Waals surface area contributed by atoms with Crippen LogP contribution in [-0.2, 0) is 4.79 Å². The van der Waals surface area contributed by atoms with Crippen LogP contribution < -0.4 is 0 Å². The van der Waals surface area contributed by atoms with E-state index in [1.807, 2.05) is 0 Å². The average molecular weight is 491 g/mol. The third kappa shape index (κ3) is 11.6. The molecule has 0 radical (unpaired) electrons. The molecule has 2 aliphatic heterocycles. The van der Waals surface area contributed by atoms with Crippen LogP contribution in [0.3, 0.4) is 0 Å². The van der Waals surface area contributed by atoms with Gasteiger partial charge in [0.05, 0.1) is 0 Å². The van der Waals surface area contributed by atoms with E-state index in [4.69, 9.17) is 0 Å². The number of rotatable bonds is 20. The Morgan fingerprint density at radius 2 is 1.14 bits per heavy atom. The molecule has 3 heteroatoms. The van der Waals surface area contributed by atoms with Crippen molar-refractivity contribution in [3.63, 3.8) is 0 Å². The van der Waals surface area contributed by atoms with Crippen LogP contribution in [0.1, 0.15) is 150 Å². The molecule has 1 amide bonds. The highest BCUT2D eigenvalue weighted by molar-refractivity contribution is 5.76. The summed E-state index contributed by atoms with van der Waals surface area (Å²) in [6.07, 6.45) is 24.8. The molecular formula is C32H62N2O. The number of carbonyl (C=O) groups is 1. The zero-order valence-corrected chi connectivity index (χ0v) is 24.4. The van der Waals surface area contributed by atoms with E-state index in [9.17, 15) is 4.79 Å². The summed E-state index contributed by atoms with van der Waals surface area (Å²) in [4.78, 5) is 18.0. The molecule has 0 bridgehead atoms. The van der Waals surface area contributed by atoms with Crippen LogP contribution in [0.4, 0.5) is 0 Å². The molecule has 2 fully saturated rings. The summed E-state index contributed by atoms with van der Waals surface area (Å²) >= 11 is 0. The van der Waals surface area contributed by atoms with Gasteiger partial charge in [-0.25, -0.2) is 0 Å². The highest BCUT2D eigenvalue weighted by Crippen LogP contribution is 2.41. The van der Waals surface area contributed by atoms with Gasteiger partial charge in [-0.15, -0.1) is 0 Å². The van der Waals surface area contributed by atoms with Gasteiger partial charge in [-0.1, -0.05) is 111 Å². The summed E-state index contributed by atoms with van der Waals surface area (Å²) in [5.74, 6) is 2.12. The Hall–Kier alpha value is -0.570. The summed E-state index contributed by atoms with van der Waals surface area (Å²) < 4.78 is 0. The molecule has 35 heavy (non-hydrogen) atoms. The number of amides is 1. The minimum atomic E-state index is 0.447. The smallest absolute Gasteiger partial charge is 0.222 e. The number of unbranched alkanes of at least 4 members (excludes halogenated alkanes) is 7. The quantitative estimate of drug-likeness (QED) is 0.159. The van der Waals surface area contributed by atoms with E-state index in [1.165, 1.54) is 129 Å². The summed E-state index contributed by atoms with van der Waals surface area (Å²) in [5.41, 5.74) is 0.526. The second kappa shape index (κ2) is 17.8. The molecule has 0 aliphatic carbocycles. The predicted molar refractivity (Wildman–Crippen MR) is 153 cm³/mol. The lowest BCUT2D eigenvalue weighted by atomic mass is 9.71. The van der Waals surface area contributed by atoms with Crippen molar-refractivity contribution in [1.82, 2.24) is 9.80 Å². The second-order valence-electron chi connectivity index (χ2n) is 12.5. The highest BCUT2D eigenvalue weighted by Gasteiger charge is 2.45. The van der Waals surface area contributed by atoms with Crippen molar-refractivity contribution in [3.8, 4) is 0 Å². The maximum Gasteiger partial charge on any atom is 0.222 e. The Balaban J connectivity index is 1.68. The third-order valence-corrected chi connectivity index (χ3v) is 9.19. The van der Waals surface area contributed by atoms with Gasteiger partial charge in [0.25, 0.3) is 0 Å². The normalized spacial score (nSPS) is 18.8. The first-order chi connectivity index (χ1) is 17.1. The molecule has 1 unspecified atom stereocenters. The summed E-state index contributed by atoms with van der Waals surface area (Å²) in [6.45, 7) is 15.2. The van der Waals surface area contributed by atoms with E-state index in [1.54, 1.807) is 0 Å². The number of nitrogens with zero attached hydrogens (tertiary/aromatic N) is 2. The van der Waals surface area contributed by atoms with Crippen molar-refractivity contribution in [2.45, 2.75) is 150 Å². The van der Waals surface area contributed by atoms with Crippen LogP contribution in [0.25, 0.3) is 0 Å². The lowest BCUT2D eigenvalue weighted by Gasteiger charge is -2.55. The van der Waals surface area contributed by atoms with Gasteiger partial charge < -0.3 is 9.80 Å². The molecule has 2 heterocycles. The van der Waals surface area contributed by atoms with Crippen LogP contribution in [0.15, 0.2) is 0 Å². The Morgan fingerprint density at radius 3 is 1.66 bits per heavy atom. The lowest BCUT2D eigenvalue weighted by molar-refractivity contribution is -0.136. The van der Waals surface area contributed by atoms with Crippen LogP contribution in [-0.4, -0.2) is 48.4 Å². The molecule has 1 spiro atoms. The van der Waals surface area contributed by atoms with Gasteiger partial charge in [-0.3, -0.25) is 4.79 Å². The maximum atomic E-state index is 13.0. The van der Waals surface area contributed by atoms with Crippen molar-refractivity contribution in [1.29, 1.82) is 0 Å². The van der Waals surface area contributed by atoms with Gasteiger partial charge in [-0.05, 0) is 49.4 Å². The maximum absolute atomic E-state index is 13.0. The predicted octanol–water partition coefficient (Wildman–Crippen LogP) is 8.85. The largest absolute Gasteiger partial charge is 0.343 e. The molecule has 2 saturated heterocycles. The second-order valence-corrected chi connectivity index (χ2v) is 12.5. The average Bonchev–Trinajstić information content (AvgIpc) is 2.85. The fourth-order valence-electron chi connectivity index (χ4n) is 6.73. The molecule has 2 aliphatic rings. The Labute approximate surface area is 220 Å². The standard InChI is InChI=1S/C32H62N2O/c1-5-9-13-17-29(18-14-10-6-2)20-21-31(35)34-24-22-32(23-25-34)27-33(28-32)26-30(16-12-8-4)19-15-11-7-3/h29-30H,5-28H2,1-4H3. The number of hydrogen-bond donors (Lipinski definition) is 0. The van der Waals surface area contributed by atoms with Crippen molar-refractivity contribution >= 4 is 5.91 Å². The number of hydrogen-bond acceptors (Lipinski definition) is 2. The topological polar surface area (TPSA) is 23.6 Å². The number of likely N-dealkylation sites (tertiary alicyclic amines) is 2. The van der Waals surface area contributed by atoms with Gasteiger partial charge in [0.2, 0.25) is 5.91 Å². The van der Waals surface area contributed by atoms with Gasteiger partial charge in [0.15, 0.2) is 0 Å². The molecule has 206 valence electrons. The molecule has 0 N–H and O–H groups in total. The fourth-order valence-corrected chi connectivity index (χ4v) is 6.73. The van der Waals surface area contributed by atoms with Crippen molar-refractivity contribution < 1.29 is 4.79 Å². The molecule has 0 aromatic heterocycles. The Kier molecular flexibility index (Phi) is 15.6. The molecule has 0 saturated carbocycles. The fraction of sp³-hybridized carbons (Fsp3) is 0.969. The molecule has 2 rings (SSSR count). The van der Waals surface area contributed by atoms with E-state index in [-0.39, 0.29) is 0 Å².